The average molecular weight is 250 g/mol. The highest BCUT2D eigenvalue weighted by molar-refractivity contribution is 4.90. The first-order valence-electron chi connectivity index (χ1n) is 8.36. The molecule has 104 valence electrons. The lowest BCUT2D eigenvalue weighted by Crippen LogP contribution is -2.46. The van der Waals surface area contributed by atoms with E-state index in [0.29, 0.717) is 0 Å². The van der Waals surface area contributed by atoms with Crippen LogP contribution in [-0.2, 0) is 0 Å². The molecule has 0 bridgehead atoms. The molecule has 2 aliphatic heterocycles. The first kappa shape index (κ1) is 12.9. The topological polar surface area (TPSA) is 15.3 Å². The summed E-state index contributed by atoms with van der Waals surface area (Å²) in [6, 6.07) is 1.80. The van der Waals surface area contributed by atoms with E-state index < -0.39 is 0 Å². The summed E-state index contributed by atoms with van der Waals surface area (Å²) in [7, 11) is 0. The van der Waals surface area contributed by atoms with E-state index in [2.05, 4.69) is 17.1 Å². The van der Waals surface area contributed by atoms with Crippen molar-refractivity contribution in [3.05, 3.63) is 0 Å². The Morgan fingerprint density at radius 2 is 1.83 bits per heavy atom. The van der Waals surface area contributed by atoms with Crippen molar-refractivity contribution >= 4 is 0 Å². The fourth-order valence-corrected chi connectivity index (χ4v) is 4.74. The fraction of sp³-hybridized carbons (Fsp3) is 1.00. The van der Waals surface area contributed by atoms with E-state index in [1.165, 1.54) is 71.0 Å². The molecule has 0 amide bonds. The minimum Gasteiger partial charge on any atom is -0.314 e. The Hall–Kier alpha value is -0.0800. The predicted molar refractivity (Wildman–Crippen MR) is 76.7 cm³/mol. The summed E-state index contributed by atoms with van der Waals surface area (Å²) >= 11 is 0. The smallest absolute Gasteiger partial charge is 0.0123 e. The molecule has 18 heavy (non-hydrogen) atoms. The second kappa shape index (κ2) is 5.92. The van der Waals surface area contributed by atoms with Crippen molar-refractivity contribution in [1.82, 2.24) is 10.2 Å². The lowest BCUT2D eigenvalue weighted by Gasteiger charge is -2.40. The largest absolute Gasteiger partial charge is 0.314 e. The van der Waals surface area contributed by atoms with Gasteiger partial charge < -0.3 is 10.2 Å². The van der Waals surface area contributed by atoms with Gasteiger partial charge in [-0.1, -0.05) is 19.8 Å². The van der Waals surface area contributed by atoms with Crippen molar-refractivity contribution in [2.24, 2.45) is 11.8 Å². The molecule has 1 saturated carbocycles. The van der Waals surface area contributed by atoms with E-state index >= 15 is 0 Å². The summed E-state index contributed by atoms with van der Waals surface area (Å²) in [5.41, 5.74) is 0. The highest BCUT2D eigenvalue weighted by Crippen LogP contribution is 2.35. The zero-order chi connectivity index (χ0) is 12.4. The van der Waals surface area contributed by atoms with Crippen molar-refractivity contribution in [2.75, 3.05) is 19.6 Å². The predicted octanol–water partition coefficient (Wildman–Crippen LogP) is 3.03. The number of hydrogen-bond donors (Lipinski definition) is 1. The number of hydrogen-bond acceptors (Lipinski definition) is 2. The molecule has 3 unspecified atom stereocenters. The van der Waals surface area contributed by atoms with Gasteiger partial charge >= 0.3 is 0 Å². The van der Waals surface area contributed by atoms with E-state index in [9.17, 15) is 0 Å². The molecular formula is C16H30N2. The van der Waals surface area contributed by atoms with Gasteiger partial charge in [-0.25, -0.2) is 0 Å². The molecule has 3 aliphatic rings. The number of likely N-dealkylation sites (tertiary alicyclic amines) is 1. The maximum Gasteiger partial charge on any atom is 0.0123 e. The number of piperidine rings is 1. The van der Waals surface area contributed by atoms with Crippen molar-refractivity contribution in [3.8, 4) is 0 Å². The molecule has 0 aromatic rings. The molecule has 3 fully saturated rings. The monoisotopic (exact) mass is 250 g/mol. The van der Waals surface area contributed by atoms with Gasteiger partial charge in [0.15, 0.2) is 0 Å². The fourth-order valence-electron chi connectivity index (χ4n) is 4.74. The molecule has 0 radical (unpaired) electrons. The van der Waals surface area contributed by atoms with Crippen LogP contribution in [0.5, 0.6) is 0 Å². The summed E-state index contributed by atoms with van der Waals surface area (Å²) in [6.45, 7) is 6.41. The maximum absolute atomic E-state index is 3.71. The van der Waals surface area contributed by atoms with E-state index in [4.69, 9.17) is 0 Å². The van der Waals surface area contributed by atoms with Gasteiger partial charge in [0.1, 0.15) is 0 Å². The van der Waals surface area contributed by atoms with Crippen LogP contribution in [-0.4, -0.2) is 36.6 Å². The quantitative estimate of drug-likeness (QED) is 0.828. The van der Waals surface area contributed by atoms with Crippen LogP contribution in [0.2, 0.25) is 0 Å². The molecule has 0 spiro atoms. The molecule has 3 rings (SSSR count). The third kappa shape index (κ3) is 2.60. The van der Waals surface area contributed by atoms with Gasteiger partial charge in [0.05, 0.1) is 0 Å². The van der Waals surface area contributed by atoms with E-state index in [0.717, 1.165) is 23.9 Å². The van der Waals surface area contributed by atoms with Crippen LogP contribution in [0.15, 0.2) is 0 Å². The highest BCUT2D eigenvalue weighted by Gasteiger charge is 2.35. The zero-order valence-electron chi connectivity index (χ0n) is 12.0. The summed E-state index contributed by atoms with van der Waals surface area (Å²) in [5, 5.41) is 3.71. The summed E-state index contributed by atoms with van der Waals surface area (Å²) in [6.07, 6.45) is 11.6. The van der Waals surface area contributed by atoms with Gasteiger partial charge in [-0.2, -0.15) is 0 Å². The minimum atomic E-state index is 0.859. The van der Waals surface area contributed by atoms with Crippen LogP contribution in [0.3, 0.4) is 0 Å². The average Bonchev–Trinajstić information content (AvgIpc) is 3.10. The summed E-state index contributed by atoms with van der Waals surface area (Å²) in [4.78, 5) is 2.84. The normalized spacial score (nSPS) is 39.5. The molecule has 2 heteroatoms. The standard InChI is InChI=1S/C16H30N2/c1-2-13-5-3-7-16(13)18-11-8-14(9-12-18)15-6-4-10-17-15/h13-17H,2-12H2,1H3. The third-order valence-electron chi connectivity index (χ3n) is 5.85. The number of nitrogens with zero attached hydrogens (tertiary/aromatic N) is 1. The molecule has 2 saturated heterocycles. The van der Waals surface area contributed by atoms with Crippen LogP contribution >= 0.6 is 0 Å². The SMILES string of the molecule is CCC1CCCC1N1CCC(C2CCCN2)CC1. The summed E-state index contributed by atoms with van der Waals surface area (Å²) < 4.78 is 0. The minimum absolute atomic E-state index is 0.859. The van der Waals surface area contributed by atoms with E-state index in [-0.39, 0.29) is 0 Å². The van der Waals surface area contributed by atoms with Crippen LogP contribution in [0.25, 0.3) is 0 Å². The Bertz CT molecular complexity index is 252. The van der Waals surface area contributed by atoms with Crippen molar-refractivity contribution in [3.63, 3.8) is 0 Å². The first-order valence-corrected chi connectivity index (χ1v) is 8.36. The Morgan fingerprint density at radius 1 is 1.00 bits per heavy atom. The van der Waals surface area contributed by atoms with Gasteiger partial charge in [0.25, 0.3) is 0 Å². The lowest BCUT2D eigenvalue weighted by molar-refractivity contribution is 0.0966. The molecule has 0 aromatic carbocycles. The van der Waals surface area contributed by atoms with E-state index in [1.807, 2.05) is 0 Å². The Morgan fingerprint density at radius 3 is 2.50 bits per heavy atom. The Kier molecular flexibility index (Phi) is 4.25. The molecule has 2 nitrogen and oxygen atoms in total. The van der Waals surface area contributed by atoms with Gasteiger partial charge in [0.2, 0.25) is 0 Å². The second-order valence-corrected chi connectivity index (χ2v) is 6.74. The molecule has 0 aromatic heterocycles. The molecule has 2 heterocycles. The van der Waals surface area contributed by atoms with Crippen LogP contribution in [0, 0.1) is 11.8 Å². The molecule has 1 aliphatic carbocycles. The third-order valence-corrected chi connectivity index (χ3v) is 5.85. The van der Waals surface area contributed by atoms with Gasteiger partial charge in [-0.15, -0.1) is 0 Å². The lowest BCUT2D eigenvalue weighted by atomic mass is 9.87. The second-order valence-electron chi connectivity index (χ2n) is 6.74. The number of rotatable bonds is 3. The Labute approximate surface area is 113 Å². The summed E-state index contributed by atoms with van der Waals surface area (Å²) in [5.74, 6) is 1.98. The van der Waals surface area contributed by atoms with E-state index in [1.54, 1.807) is 0 Å². The van der Waals surface area contributed by atoms with Crippen LogP contribution in [0.4, 0.5) is 0 Å². The van der Waals surface area contributed by atoms with Gasteiger partial charge in [-0.05, 0) is 70.0 Å². The molecule has 3 atom stereocenters. The highest BCUT2D eigenvalue weighted by atomic mass is 15.2. The van der Waals surface area contributed by atoms with Crippen LogP contribution < -0.4 is 5.32 Å². The van der Waals surface area contributed by atoms with Crippen molar-refractivity contribution in [1.29, 1.82) is 0 Å². The van der Waals surface area contributed by atoms with Gasteiger partial charge in [0, 0.05) is 12.1 Å². The number of nitrogens with one attached hydrogen (secondary N) is 1. The van der Waals surface area contributed by atoms with Crippen molar-refractivity contribution in [2.45, 2.75) is 70.4 Å². The Balaban J connectivity index is 1.50. The first-order chi connectivity index (χ1) is 8.88. The molecule has 1 N–H and O–H groups in total. The van der Waals surface area contributed by atoms with Gasteiger partial charge in [-0.3, -0.25) is 0 Å². The zero-order valence-corrected chi connectivity index (χ0v) is 12.0. The van der Waals surface area contributed by atoms with Crippen LogP contribution in [0.1, 0.15) is 58.3 Å². The maximum atomic E-state index is 3.71. The molecular weight excluding hydrogens is 220 g/mol. The van der Waals surface area contributed by atoms with Crippen molar-refractivity contribution < 1.29 is 0 Å².